The van der Waals surface area contributed by atoms with Crippen molar-refractivity contribution >= 4 is 17.8 Å². The molecule has 2 aliphatic rings. The summed E-state index contributed by atoms with van der Waals surface area (Å²) < 4.78 is 5.51. The predicted octanol–water partition coefficient (Wildman–Crippen LogP) is 3.04. The molecule has 2 aromatic rings. The highest BCUT2D eigenvalue weighted by molar-refractivity contribution is 5.84. The third-order valence-corrected chi connectivity index (χ3v) is 7.17. The van der Waals surface area contributed by atoms with Crippen LogP contribution in [-0.2, 0) is 22.6 Å². The number of hydrogen-bond donors (Lipinski definition) is 3. The Balaban J connectivity index is 1.38. The molecule has 8 heteroatoms. The fourth-order valence-corrected chi connectivity index (χ4v) is 4.98. The Kier molecular flexibility index (Phi) is 8.38. The number of likely N-dealkylation sites (tertiary alicyclic amines) is 1. The largest absolute Gasteiger partial charge is 0.483 e. The number of para-hydroxylation sites is 1. The van der Waals surface area contributed by atoms with Gasteiger partial charge in [-0.2, -0.15) is 4.48 Å². The Morgan fingerprint density at radius 3 is 2.47 bits per heavy atom. The monoisotopic (exact) mass is 493 g/mol. The number of imide groups is 1. The summed E-state index contributed by atoms with van der Waals surface area (Å²) in [5.74, 6) is 0.257. The number of nitrogens with zero attached hydrogens (tertiary/aromatic N) is 1. The number of rotatable bonds is 10. The second-order valence-electron chi connectivity index (χ2n) is 10.0. The van der Waals surface area contributed by atoms with Crippen molar-refractivity contribution in [2.45, 2.75) is 70.1 Å². The molecule has 1 heterocycles. The van der Waals surface area contributed by atoms with E-state index in [1.54, 1.807) is 6.07 Å². The Labute approximate surface area is 212 Å². The van der Waals surface area contributed by atoms with Gasteiger partial charge in [0.15, 0.2) is 6.61 Å². The summed E-state index contributed by atoms with van der Waals surface area (Å²) in [5, 5.41) is 5.88. The smallest absolute Gasteiger partial charge is 0.424 e. The molecule has 0 bridgehead atoms. The van der Waals surface area contributed by atoms with Crippen molar-refractivity contribution in [3.8, 4) is 5.75 Å². The Morgan fingerprint density at radius 2 is 1.78 bits per heavy atom. The van der Waals surface area contributed by atoms with E-state index in [0.717, 1.165) is 36.8 Å². The number of nitrogens with one attached hydrogen (secondary N) is 2. The zero-order valence-electron chi connectivity index (χ0n) is 20.9. The highest BCUT2D eigenvalue weighted by atomic mass is 16.5. The number of hydrogen-bond acceptors (Lipinski definition) is 5. The van der Waals surface area contributed by atoms with E-state index in [-0.39, 0.29) is 60.0 Å². The Morgan fingerprint density at radius 1 is 1.06 bits per heavy atom. The first kappa shape index (κ1) is 25.9. The quantitative estimate of drug-likeness (QED) is 0.441. The molecule has 4 N–H and O–H groups in total. The molecular formula is C28H37N4O4+. The molecule has 36 heavy (non-hydrogen) atoms. The van der Waals surface area contributed by atoms with Crippen LogP contribution in [0.25, 0.3) is 0 Å². The van der Waals surface area contributed by atoms with Crippen LogP contribution in [0.2, 0.25) is 0 Å². The van der Waals surface area contributed by atoms with E-state index in [4.69, 9.17) is 10.5 Å². The van der Waals surface area contributed by atoms with Crippen LogP contribution in [0.4, 0.5) is 4.79 Å². The Hall–Kier alpha value is -3.23. The lowest BCUT2D eigenvalue weighted by atomic mass is 10.0. The zero-order chi connectivity index (χ0) is 25.5. The second kappa shape index (κ2) is 11.7. The lowest BCUT2D eigenvalue weighted by molar-refractivity contribution is -0.785. The minimum absolute atomic E-state index is 0.0731. The van der Waals surface area contributed by atoms with Gasteiger partial charge in [0.05, 0.1) is 19.5 Å². The summed E-state index contributed by atoms with van der Waals surface area (Å²) in [5.41, 5.74) is 8.17. The van der Waals surface area contributed by atoms with Crippen LogP contribution in [0.3, 0.4) is 0 Å². The van der Waals surface area contributed by atoms with Gasteiger partial charge in [0.1, 0.15) is 11.8 Å². The summed E-state index contributed by atoms with van der Waals surface area (Å²) in [6.07, 6.45) is 4.38. The van der Waals surface area contributed by atoms with Crippen molar-refractivity contribution in [1.29, 1.82) is 0 Å². The van der Waals surface area contributed by atoms with E-state index in [9.17, 15) is 14.4 Å². The molecule has 4 amide bonds. The maximum Gasteiger partial charge on any atom is 0.424 e. The van der Waals surface area contributed by atoms with Crippen molar-refractivity contribution in [3.05, 3.63) is 65.7 Å². The highest BCUT2D eigenvalue weighted by Gasteiger charge is 2.52. The average molecular weight is 494 g/mol. The summed E-state index contributed by atoms with van der Waals surface area (Å²) in [6, 6.07) is 16.7. The first-order chi connectivity index (χ1) is 17.4. The molecule has 2 fully saturated rings. The first-order valence-electron chi connectivity index (χ1n) is 12.9. The van der Waals surface area contributed by atoms with Gasteiger partial charge in [0, 0.05) is 30.5 Å². The average Bonchev–Trinajstić information content (AvgIpc) is 3.59. The van der Waals surface area contributed by atoms with E-state index < -0.39 is 0 Å². The zero-order valence-corrected chi connectivity index (χ0v) is 20.9. The Bertz CT molecular complexity index is 1070. The number of quaternary nitrogens is 1. The molecule has 0 radical (unpaired) electrons. The van der Waals surface area contributed by atoms with Crippen LogP contribution < -0.4 is 21.1 Å². The van der Waals surface area contributed by atoms with Gasteiger partial charge in [-0.15, -0.1) is 0 Å². The van der Waals surface area contributed by atoms with E-state index in [1.165, 1.54) is 0 Å². The van der Waals surface area contributed by atoms with Crippen LogP contribution in [0.5, 0.6) is 5.75 Å². The molecule has 1 saturated carbocycles. The van der Waals surface area contributed by atoms with Crippen LogP contribution in [-0.4, -0.2) is 53.6 Å². The van der Waals surface area contributed by atoms with Gasteiger partial charge in [-0.25, -0.2) is 9.59 Å². The van der Waals surface area contributed by atoms with Crippen molar-refractivity contribution in [2.24, 2.45) is 5.73 Å². The lowest BCUT2D eigenvalue weighted by Gasteiger charge is -2.33. The summed E-state index contributed by atoms with van der Waals surface area (Å²) in [4.78, 5) is 39.1. The van der Waals surface area contributed by atoms with Gasteiger partial charge in [0.25, 0.3) is 5.91 Å². The van der Waals surface area contributed by atoms with E-state index in [1.807, 2.05) is 55.5 Å². The summed E-state index contributed by atoms with van der Waals surface area (Å²) in [6.45, 7) is 2.57. The van der Waals surface area contributed by atoms with E-state index in [0.29, 0.717) is 18.7 Å². The predicted molar refractivity (Wildman–Crippen MR) is 137 cm³/mol. The fraction of sp³-hybridized carbons (Fsp3) is 0.464. The van der Waals surface area contributed by atoms with Crippen molar-refractivity contribution in [2.75, 3.05) is 13.2 Å². The summed E-state index contributed by atoms with van der Waals surface area (Å²) in [7, 11) is 0. The van der Waals surface area contributed by atoms with E-state index in [2.05, 4.69) is 10.6 Å². The standard InChI is InChI=1S/C28H36N4O4/c1-20-8-7-15-32(20,27(34)17-23(29)16-21-9-3-2-4-10-21)28(35)30-18-22-11-5-6-12-25(22)36-19-26(33)31-24-13-14-24/h2-6,9-12,20,23-24H,7-8,13-19,29H2,1H3,(H-,30,31,33,35)/p+1/t20-,23-,32?/m1/s1. The molecule has 3 atom stereocenters. The fourth-order valence-electron chi connectivity index (χ4n) is 4.98. The number of amides is 4. The molecule has 8 nitrogen and oxygen atoms in total. The van der Waals surface area contributed by atoms with Crippen molar-refractivity contribution in [1.82, 2.24) is 10.6 Å². The van der Waals surface area contributed by atoms with Gasteiger partial charge in [-0.3, -0.25) is 4.79 Å². The minimum atomic E-state index is -0.355. The maximum absolute atomic E-state index is 13.5. The number of urea groups is 1. The lowest BCUT2D eigenvalue weighted by Crippen LogP contribution is -2.63. The van der Waals surface area contributed by atoms with Crippen LogP contribution in [0.15, 0.2) is 54.6 Å². The van der Waals surface area contributed by atoms with Crippen LogP contribution in [0.1, 0.15) is 50.2 Å². The number of nitrogens with two attached hydrogens (primary N) is 1. The molecule has 192 valence electrons. The SMILES string of the molecule is C[C@@H]1CCC[N+]1(C(=O)C[C@H](N)Cc1ccccc1)C(=O)NCc1ccccc1OCC(=O)NC1CC1. The molecule has 1 saturated heterocycles. The maximum atomic E-state index is 13.5. The number of benzene rings is 2. The molecule has 0 aromatic heterocycles. The van der Waals surface area contributed by atoms with Crippen LogP contribution in [0, 0.1) is 0 Å². The van der Waals surface area contributed by atoms with Crippen molar-refractivity contribution in [3.63, 3.8) is 0 Å². The highest BCUT2D eigenvalue weighted by Crippen LogP contribution is 2.30. The van der Waals surface area contributed by atoms with Gasteiger partial charge in [0.2, 0.25) is 0 Å². The molecular weight excluding hydrogens is 456 g/mol. The van der Waals surface area contributed by atoms with Gasteiger partial charge in [-0.05, 0) is 37.8 Å². The topological polar surface area (TPSA) is 111 Å². The second-order valence-corrected chi connectivity index (χ2v) is 10.0. The minimum Gasteiger partial charge on any atom is -0.483 e. The van der Waals surface area contributed by atoms with Crippen LogP contribution >= 0.6 is 0 Å². The molecule has 1 aliphatic heterocycles. The van der Waals surface area contributed by atoms with Crippen molar-refractivity contribution < 1.29 is 23.6 Å². The number of carbonyl (C=O) groups excluding carboxylic acids is 3. The van der Waals surface area contributed by atoms with Gasteiger partial charge in [-0.1, -0.05) is 48.5 Å². The van der Waals surface area contributed by atoms with E-state index >= 15 is 0 Å². The first-order valence-corrected chi connectivity index (χ1v) is 12.9. The molecule has 0 spiro atoms. The number of carbonyl (C=O) groups is 3. The third kappa shape index (κ3) is 6.30. The third-order valence-electron chi connectivity index (χ3n) is 7.17. The molecule has 1 unspecified atom stereocenters. The molecule has 1 aliphatic carbocycles. The van der Waals surface area contributed by atoms with Gasteiger partial charge < -0.3 is 21.1 Å². The summed E-state index contributed by atoms with van der Waals surface area (Å²) >= 11 is 0. The molecule has 2 aromatic carbocycles. The molecule has 4 rings (SSSR count). The normalized spacial score (nSPS) is 22.0. The van der Waals surface area contributed by atoms with Gasteiger partial charge >= 0.3 is 11.9 Å². The number of ether oxygens (including phenoxy) is 1.